The van der Waals surface area contributed by atoms with E-state index in [4.69, 9.17) is 0 Å². The third-order valence-electron chi connectivity index (χ3n) is 4.95. The summed E-state index contributed by atoms with van der Waals surface area (Å²) < 4.78 is 1.82. The van der Waals surface area contributed by atoms with Gasteiger partial charge in [0.05, 0.1) is 5.69 Å². The van der Waals surface area contributed by atoms with Crippen LogP contribution in [0.5, 0.6) is 0 Å². The fourth-order valence-corrected chi connectivity index (χ4v) is 3.73. The second-order valence-corrected chi connectivity index (χ2v) is 6.51. The molecule has 2 aliphatic rings. The maximum Gasteiger partial charge on any atom is 0.244 e. The molecule has 3 rings (SSSR count). The molecule has 21 heavy (non-hydrogen) atoms. The van der Waals surface area contributed by atoms with Gasteiger partial charge in [-0.3, -0.25) is 9.48 Å². The summed E-state index contributed by atoms with van der Waals surface area (Å²) in [5.74, 6) is 0.962. The van der Waals surface area contributed by atoms with E-state index in [0.717, 1.165) is 43.2 Å². The summed E-state index contributed by atoms with van der Waals surface area (Å²) in [6, 6.07) is 2.71. The number of rotatable bonds is 3. The average molecular weight is 290 g/mol. The standard InChI is InChI=1S/C16H26N4O/c1-12-10-13(2)20(18-12)11-16(21)19-8-5-14(6-9-19)15-4-3-7-17-15/h10,14-15,17H,3-9,11H2,1-2H3. The van der Waals surface area contributed by atoms with Crippen molar-refractivity contribution in [2.24, 2.45) is 5.92 Å². The third kappa shape index (κ3) is 3.28. The van der Waals surface area contributed by atoms with Crippen LogP contribution in [0.3, 0.4) is 0 Å². The van der Waals surface area contributed by atoms with Crippen LogP contribution in [0.15, 0.2) is 6.07 Å². The first kappa shape index (κ1) is 14.6. The second kappa shape index (κ2) is 6.18. The molecule has 1 aromatic rings. The van der Waals surface area contributed by atoms with Crippen molar-refractivity contribution in [1.82, 2.24) is 20.0 Å². The Labute approximate surface area is 126 Å². The van der Waals surface area contributed by atoms with Crippen molar-refractivity contribution in [2.75, 3.05) is 19.6 Å². The zero-order valence-corrected chi connectivity index (χ0v) is 13.1. The van der Waals surface area contributed by atoms with Crippen LogP contribution >= 0.6 is 0 Å². The maximum atomic E-state index is 12.4. The predicted molar refractivity (Wildman–Crippen MR) is 82.0 cm³/mol. The van der Waals surface area contributed by atoms with Gasteiger partial charge in [0.25, 0.3) is 0 Å². The quantitative estimate of drug-likeness (QED) is 0.917. The van der Waals surface area contributed by atoms with Crippen LogP contribution in [0.25, 0.3) is 0 Å². The molecule has 0 aromatic carbocycles. The lowest BCUT2D eigenvalue weighted by Crippen LogP contribution is -2.44. The number of hydrogen-bond acceptors (Lipinski definition) is 3. The Kier molecular flexibility index (Phi) is 4.29. The molecule has 1 atom stereocenters. The van der Waals surface area contributed by atoms with E-state index in [1.54, 1.807) is 0 Å². The molecule has 5 nitrogen and oxygen atoms in total. The van der Waals surface area contributed by atoms with Gasteiger partial charge in [-0.15, -0.1) is 0 Å². The Bertz CT molecular complexity index is 496. The van der Waals surface area contributed by atoms with E-state index in [1.807, 2.05) is 29.5 Å². The predicted octanol–water partition coefficient (Wildman–Crippen LogP) is 1.49. The first-order chi connectivity index (χ1) is 10.1. The summed E-state index contributed by atoms with van der Waals surface area (Å²) >= 11 is 0. The summed E-state index contributed by atoms with van der Waals surface area (Å²) in [4.78, 5) is 14.4. The molecule has 2 fully saturated rings. The molecule has 5 heteroatoms. The first-order valence-electron chi connectivity index (χ1n) is 8.15. The Balaban J connectivity index is 1.51. The number of aromatic nitrogens is 2. The molecular weight excluding hydrogens is 264 g/mol. The van der Waals surface area contributed by atoms with Gasteiger partial charge in [-0.05, 0) is 58.1 Å². The lowest BCUT2D eigenvalue weighted by Gasteiger charge is -2.35. The molecule has 1 N–H and O–H groups in total. The SMILES string of the molecule is Cc1cc(C)n(CC(=O)N2CCC(C3CCCN3)CC2)n1. The Morgan fingerprint density at radius 1 is 1.33 bits per heavy atom. The highest BCUT2D eigenvalue weighted by molar-refractivity contribution is 5.76. The van der Waals surface area contributed by atoms with Crippen LogP contribution in [-0.4, -0.2) is 46.3 Å². The van der Waals surface area contributed by atoms with Gasteiger partial charge in [0.1, 0.15) is 6.54 Å². The molecule has 1 aromatic heterocycles. The van der Waals surface area contributed by atoms with E-state index in [1.165, 1.54) is 19.4 Å². The number of hydrogen-bond donors (Lipinski definition) is 1. The van der Waals surface area contributed by atoms with Gasteiger partial charge in [-0.2, -0.15) is 5.10 Å². The normalized spacial score (nSPS) is 23.7. The summed E-state index contributed by atoms with van der Waals surface area (Å²) in [5.41, 5.74) is 2.04. The minimum atomic E-state index is 0.207. The number of likely N-dealkylation sites (tertiary alicyclic amines) is 1. The molecule has 0 saturated carbocycles. The largest absolute Gasteiger partial charge is 0.341 e. The van der Waals surface area contributed by atoms with E-state index in [2.05, 4.69) is 10.4 Å². The fraction of sp³-hybridized carbons (Fsp3) is 0.750. The number of carbonyl (C=O) groups is 1. The monoisotopic (exact) mass is 290 g/mol. The molecular formula is C16H26N4O. The third-order valence-corrected chi connectivity index (χ3v) is 4.95. The number of carbonyl (C=O) groups excluding carboxylic acids is 1. The zero-order valence-electron chi connectivity index (χ0n) is 13.1. The van der Waals surface area contributed by atoms with Crippen molar-refractivity contribution < 1.29 is 4.79 Å². The summed E-state index contributed by atoms with van der Waals surface area (Å²) in [5, 5.41) is 7.99. The second-order valence-electron chi connectivity index (χ2n) is 6.51. The van der Waals surface area contributed by atoms with E-state index in [-0.39, 0.29) is 5.91 Å². The minimum Gasteiger partial charge on any atom is -0.341 e. The molecule has 0 radical (unpaired) electrons. The number of nitrogens with one attached hydrogen (secondary N) is 1. The Morgan fingerprint density at radius 2 is 2.10 bits per heavy atom. The van der Waals surface area contributed by atoms with E-state index in [0.29, 0.717) is 12.6 Å². The van der Waals surface area contributed by atoms with Gasteiger partial charge in [-0.25, -0.2) is 0 Å². The number of amides is 1. The first-order valence-corrected chi connectivity index (χ1v) is 8.15. The van der Waals surface area contributed by atoms with Crippen molar-refractivity contribution in [3.05, 3.63) is 17.5 Å². The maximum absolute atomic E-state index is 12.4. The molecule has 116 valence electrons. The van der Waals surface area contributed by atoms with Crippen molar-refractivity contribution in [2.45, 2.75) is 52.1 Å². The van der Waals surface area contributed by atoms with Crippen LogP contribution in [0.1, 0.15) is 37.1 Å². The molecule has 0 bridgehead atoms. The lowest BCUT2D eigenvalue weighted by atomic mass is 9.88. The number of aryl methyl sites for hydroxylation is 2. The highest BCUT2D eigenvalue weighted by atomic mass is 16.2. The molecule has 1 amide bonds. The summed E-state index contributed by atoms with van der Waals surface area (Å²) in [6.45, 7) is 7.33. The van der Waals surface area contributed by atoms with Crippen molar-refractivity contribution >= 4 is 5.91 Å². The van der Waals surface area contributed by atoms with Gasteiger partial charge in [0.2, 0.25) is 5.91 Å². The number of nitrogens with zero attached hydrogens (tertiary/aromatic N) is 3. The zero-order chi connectivity index (χ0) is 14.8. The molecule has 2 saturated heterocycles. The van der Waals surface area contributed by atoms with Gasteiger partial charge >= 0.3 is 0 Å². The van der Waals surface area contributed by atoms with Crippen LogP contribution in [-0.2, 0) is 11.3 Å². The molecule has 3 heterocycles. The Morgan fingerprint density at radius 3 is 2.67 bits per heavy atom. The highest BCUT2D eigenvalue weighted by Crippen LogP contribution is 2.25. The molecule has 2 aliphatic heterocycles. The molecule has 0 aliphatic carbocycles. The fourth-order valence-electron chi connectivity index (χ4n) is 3.73. The van der Waals surface area contributed by atoms with Crippen molar-refractivity contribution in [3.63, 3.8) is 0 Å². The minimum absolute atomic E-state index is 0.207. The smallest absolute Gasteiger partial charge is 0.244 e. The summed E-state index contributed by atoms with van der Waals surface area (Å²) in [7, 11) is 0. The lowest BCUT2D eigenvalue weighted by molar-refractivity contribution is -0.133. The average Bonchev–Trinajstić information content (AvgIpc) is 3.10. The van der Waals surface area contributed by atoms with Crippen molar-refractivity contribution in [1.29, 1.82) is 0 Å². The van der Waals surface area contributed by atoms with E-state index in [9.17, 15) is 4.79 Å². The van der Waals surface area contributed by atoms with Crippen LogP contribution < -0.4 is 5.32 Å². The Hall–Kier alpha value is -1.36. The highest BCUT2D eigenvalue weighted by Gasteiger charge is 2.29. The van der Waals surface area contributed by atoms with Crippen LogP contribution in [0.2, 0.25) is 0 Å². The van der Waals surface area contributed by atoms with Crippen LogP contribution in [0, 0.1) is 19.8 Å². The van der Waals surface area contributed by atoms with Gasteiger partial charge < -0.3 is 10.2 Å². The van der Waals surface area contributed by atoms with E-state index < -0.39 is 0 Å². The number of piperidine rings is 1. The molecule has 1 unspecified atom stereocenters. The van der Waals surface area contributed by atoms with Gasteiger partial charge in [-0.1, -0.05) is 0 Å². The van der Waals surface area contributed by atoms with Gasteiger partial charge in [0.15, 0.2) is 0 Å². The molecule has 0 spiro atoms. The van der Waals surface area contributed by atoms with Gasteiger partial charge in [0, 0.05) is 24.8 Å². The topological polar surface area (TPSA) is 50.2 Å². The van der Waals surface area contributed by atoms with Crippen LogP contribution in [0.4, 0.5) is 0 Å². The van der Waals surface area contributed by atoms with E-state index >= 15 is 0 Å². The van der Waals surface area contributed by atoms with Crippen molar-refractivity contribution in [3.8, 4) is 0 Å². The summed E-state index contributed by atoms with van der Waals surface area (Å²) in [6.07, 6.45) is 4.90.